The second-order valence-corrected chi connectivity index (χ2v) is 10.0. The molecule has 1 aromatic heterocycles. The van der Waals surface area contributed by atoms with Crippen molar-refractivity contribution in [3.63, 3.8) is 0 Å². The molecule has 0 bridgehead atoms. The van der Waals surface area contributed by atoms with Crippen LogP contribution in [0.25, 0.3) is 0 Å². The molecule has 0 saturated carbocycles. The van der Waals surface area contributed by atoms with E-state index in [4.69, 9.17) is 11.6 Å². The first-order chi connectivity index (χ1) is 9.41. The van der Waals surface area contributed by atoms with Gasteiger partial charge in [0.1, 0.15) is 4.21 Å². The van der Waals surface area contributed by atoms with E-state index in [1.807, 2.05) is 30.8 Å². The highest BCUT2D eigenvalue weighted by Crippen LogP contribution is 2.31. The Bertz CT molecular complexity index is 545. The molecule has 114 valence electrons. The Morgan fingerprint density at radius 3 is 2.80 bits per heavy atom. The van der Waals surface area contributed by atoms with Crippen LogP contribution in [0.1, 0.15) is 6.42 Å². The van der Waals surface area contributed by atoms with Crippen LogP contribution in [0.15, 0.2) is 16.3 Å². The van der Waals surface area contributed by atoms with Crippen molar-refractivity contribution in [3.05, 3.63) is 16.5 Å². The molecule has 1 saturated heterocycles. The molecule has 0 radical (unpaired) electrons. The molecule has 1 aliphatic heterocycles. The Hall–Kier alpha value is 0.210. The lowest BCUT2D eigenvalue weighted by molar-refractivity contribution is 0.271. The third kappa shape index (κ3) is 3.90. The lowest BCUT2D eigenvalue weighted by Crippen LogP contribution is -2.46. The number of halogens is 1. The molecule has 1 unspecified atom stereocenters. The molecule has 1 aliphatic rings. The predicted octanol–water partition coefficient (Wildman–Crippen LogP) is 2.46. The van der Waals surface area contributed by atoms with Crippen LogP contribution in [-0.2, 0) is 10.0 Å². The average Bonchev–Trinajstić information content (AvgIpc) is 2.66. The normalized spacial score (nSPS) is 22.1. The van der Waals surface area contributed by atoms with E-state index in [2.05, 4.69) is 0 Å². The highest BCUT2D eigenvalue weighted by Gasteiger charge is 2.33. The number of rotatable bonds is 4. The monoisotopic (exact) mass is 354 g/mol. The van der Waals surface area contributed by atoms with Crippen molar-refractivity contribution in [2.24, 2.45) is 0 Å². The second-order valence-electron chi connectivity index (χ2n) is 5.02. The minimum Gasteiger partial charge on any atom is -0.308 e. The molecule has 20 heavy (non-hydrogen) atoms. The van der Waals surface area contributed by atoms with Gasteiger partial charge in [-0.3, -0.25) is 0 Å². The van der Waals surface area contributed by atoms with E-state index in [1.54, 1.807) is 16.4 Å². The zero-order valence-corrected chi connectivity index (χ0v) is 14.8. The summed E-state index contributed by atoms with van der Waals surface area (Å²) in [5.41, 5.74) is 0. The fourth-order valence-corrected chi connectivity index (χ4v) is 6.66. The van der Waals surface area contributed by atoms with Crippen molar-refractivity contribution >= 4 is 44.7 Å². The summed E-state index contributed by atoms with van der Waals surface area (Å²) in [6, 6.07) is 3.27. The SMILES string of the molecule is CN(C)CC1CSCCCN1S(=O)(=O)c1ccc(Cl)s1. The third-order valence-corrected chi connectivity index (χ3v) is 7.92. The van der Waals surface area contributed by atoms with Gasteiger partial charge in [-0.2, -0.15) is 16.1 Å². The largest absolute Gasteiger partial charge is 0.308 e. The molecule has 2 rings (SSSR count). The molecular formula is C12H19ClN2O2S3. The van der Waals surface area contributed by atoms with Gasteiger partial charge in [0.15, 0.2) is 0 Å². The molecule has 0 aromatic carbocycles. The molecular weight excluding hydrogens is 336 g/mol. The zero-order chi connectivity index (χ0) is 14.8. The average molecular weight is 355 g/mol. The van der Waals surface area contributed by atoms with E-state index in [9.17, 15) is 8.42 Å². The molecule has 1 aromatic rings. The summed E-state index contributed by atoms with van der Waals surface area (Å²) in [5, 5.41) is 0. The Morgan fingerprint density at radius 1 is 1.45 bits per heavy atom. The van der Waals surface area contributed by atoms with E-state index in [1.165, 1.54) is 0 Å². The van der Waals surface area contributed by atoms with Crippen LogP contribution in [0.4, 0.5) is 0 Å². The molecule has 8 heteroatoms. The summed E-state index contributed by atoms with van der Waals surface area (Å²) in [4.78, 5) is 2.04. The van der Waals surface area contributed by atoms with Crippen LogP contribution in [0.2, 0.25) is 4.34 Å². The Morgan fingerprint density at radius 2 is 2.20 bits per heavy atom. The van der Waals surface area contributed by atoms with Gasteiger partial charge < -0.3 is 4.90 Å². The molecule has 0 spiro atoms. The van der Waals surface area contributed by atoms with Gasteiger partial charge in [0.25, 0.3) is 10.0 Å². The Labute approximate surface area is 134 Å². The summed E-state index contributed by atoms with van der Waals surface area (Å²) in [5.74, 6) is 1.86. The Kier molecular flexibility index (Phi) is 5.79. The topological polar surface area (TPSA) is 40.6 Å². The lowest BCUT2D eigenvalue weighted by atomic mass is 10.3. The first-order valence-electron chi connectivity index (χ1n) is 6.41. The van der Waals surface area contributed by atoms with Gasteiger partial charge in [-0.05, 0) is 38.4 Å². The van der Waals surface area contributed by atoms with Gasteiger partial charge >= 0.3 is 0 Å². The minimum atomic E-state index is -3.43. The molecule has 1 atom stereocenters. The van der Waals surface area contributed by atoms with Gasteiger partial charge in [-0.25, -0.2) is 8.42 Å². The lowest BCUT2D eigenvalue weighted by Gasteiger charge is -2.30. The summed E-state index contributed by atoms with van der Waals surface area (Å²) in [7, 11) is 0.517. The van der Waals surface area contributed by atoms with Crippen molar-refractivity contribution in [1.82, 2.24) is 9.21 Å². The third-order valence-electron chi connectivity index (χ3n) is 3.07. The van der Waals surface area contributed by atoms with E-state index >= 15 is 0 Å². The standard InChI is InChI=1S/C12H19ClN2O2S3/c1-14(2)8-10-9-18-7-3-6-15(10)20(16,17)12-5-4-11(13)19-12/h4-5,10H,3,6-9H2,1-2H3. The van der Waals surface area contributed by atoms with Gasteiger partial charge in [0.2, 0.25) is 0 Å². The number of sulfonamides is 1. The number of hydrogen-bond donors (Lipinski definition) is 0. The summed E-state index contributed by atoms with van der Waals surface area (Å²) < 4.78 is 28.1. The van der Waals surface area contributed by atoms with Crippen molar-refractivity contribution in [2.75, 3.05) is 38.7 Å². The van der Waals surface area contributed by atoms with E-state index in [0.29, 0.717) is 15.1 Å². The van der Waals surface area contributed by atoms with Crippen LogP contribution >= 0.6 is 34.7 Å². The minimum absolute atomic E-state index is 0.0170. The van der Waals surface area contributed by atoms with Gasteiger partial charge in [-0.1, -0.05) is 11.6 Å². The van der Waals surface area contributed by atoms with Gasteiger partial charge in [-0.15, -0.1) is 11.3 Å². The molecule has 0 N–H and O–H groups in total. The Balaban J connectivity index is 2.29. The summed E-state index contributed by atoms with van der Waals surface area (Å²) in [6.45, 7) is 1.33. The summed E-state index contributed by atoms with van der Waals surface area (Å²) >= 11 is 8.84. The smallest absolute Gasteiger partial charge is 0.252 e. The molecule has 1 fully saturated rings. The first-order valence-corrected chi connectivity index (χ1v) is 10.2. The maximum atomic E-state index is 12.8. The van der Waals surface area contributed by atoms with Crippen LogP contribution < -0.4 is 0 Å². The predicted molar refractivity (Wildman–Crippen MR) is 87.5 cm³/mol. The summed E-state index contributed by atoms with van der Waals surface area (Å²) in [6.07, 6.45) is 0.896. The highest BCUT2D eigenvalue weighted by molar-refractivity contribution is 7.99. The van der Waals surface area contributed by atoms with Crippen molar-refractivity contribution in [2.45, 2.75) is 16.7 Å². The molecule has 4 nitrogen and oxygen atoms in total. The van der Waals surface area contributed by atoms with Crippen LogP contribution in [0.3, 0.4) is 0 Å². The van der Waals surface area contributed by atoms with E-state index in [-0.39, 0.29) is 6.04 Å². The van der Waals surface area contributed by atoms with E-state index < -0.39 is 10.0 Å². The number of likely N-dealkylation sites (N-methyl/N-ethyl adjacent to an activating group) is 1. The highest BCUT2D eigenvalue weighted by atomic mass is 35.5. The van der Waals surface area contributed by atoms with Crippen LogP contribution in [-0.4, -0.2) is 62.4 Å². The molecule has 0 amide bonds. The molecule has 2 heterocycles. The van der Waals surface area contributed by atoms with Crippen molar-refractivity contribution in [3.8, 4) is 0 Å². The van der Waals surface area contributed by atoms with Crippen molar-refractivity contribution < 1.29 is 8.42 Å². The second kappa shape index (κ2) is 6.98. The van der Waals surface area contributed by atoms with Crippen molar-refractivity contribution in [1.29, 1.82) is 0 Å². The van der Waals surface area contributed by atoms with Crippen LogP contribution in [0.5, 0.6) is 0 Å². The van der Waals surface area contributed by atoms with Crippen LogP contribution in [0, 0.1) is 0 Å². The maximum Gasteiger partial charge on any atom is 0.252 e. The first kappa shape index (κ1) is 16.6. The van der Waals surface area contributed by atoms with E-state index in [0.717, 1.165) is 35.8 Å². The van der Waals surface area contributed by atoms with Gasteiger partial charge in [0, 0.05) is 24.9 Å². The quantitative estimate of drug-likeness (QED) is 0.832. The maximum absolute atomic E-state index is 12.8. The number of hydrogen-bond acceptors (Lipinski definition) is 5. The number of thiophene rings is 1. The fraction of sp³-hybridized carbons (Fsp3) is 0.667. The number of thioether (sulfide) groups is 1. The number of nitrogens with zero attached hydrogens (tertiary/aromatic N) is 2. The molecule has 0 aliphatic carbocycles. The fourth-order valence-electron chi connectivity index (χ4n) is 2.24. The van der Waals surface area contributed by atoms with Gasteiger partial charge in [0.05, 0.1) is 4.34 Å². The zero-order valence-electron chi connectivity index (χ0n) is 11.6.